The Bertz CT molecular complexity index is 996. The summed E-state index contributed by atoms with van der Waals surface area (Å²) >= 11 is 0. The Balaban J connectivity index is 2.13. The van der Waals surface area contributed by atoms with Crippen molar-refractivity contribution in [2.45, 2.75) is 12.8 Å². The van der Waals surface area contributed by atoms with Crippen molar-refractivity contribution in [1.29, 1.82) is 0 Å². The molecule has 1 atom stereocenters. The van der Waals surface area contributed by atoms with Gasteiger partial charge in [0.25, 0.3) is 0 Å². The number of aliphatic hydroxyl groups excluding tert-OH is 1. The number of hydrogen-bond donors (Lipinski definition) is 1. The molecular formula is C23H26O7. The molecule has 1 N–H and O–H groups in total. The Morgan fingerprint density at radius 1 is 0.933 bits per heavy atom. The van der Waals surface area contributed by atoms with Crippen LogP contribution in [0.3, 0.4) is 0 Å². The summed E-state index contributed by atoms with van der Waals surface area (Å²) in [5, 5.41) is 10.0. The van der Waals surface area contributed by atoms with Gasteiger partial charge in [0, 0.05) is 23.7 Å². The molecule has 2 aromatic carbocycles. The lowest BCUT2D eigenvalue weighted by molar-refractivity contribution is 0.171. The van der Waals surface area contributed by atoms with E-state index in [0.717, 1.165) is 27.8 Å². The normalized spacial score (nSPS) is 16.8. The lowest BCUT2D eigenvalue weighted by atomic mass is 9.80. The van der Waals surface area contributed by atoms with Crippen molar-refractivity contribution in [3.05, 3.63) is 35.4 Å². The maximum absolute atomic E-state index is 10.0. The van der Waals surface area contributed by atoms with Gasteiger partial charge in [-0.2, -0.15) is 0 Å². The maximum Gasteiger partial charge on any atom is 0.231 e. The predicted molar refractivity (Wildman–Crippen MR) is 111 cm³/mol. The maximum atomic E-state index is 10.0. The minimum Gasteiger partial charge on any atom is -0.493 e. The minimum atomic E-state index is -0.110. The molecule has 1 aliphatic carbocycles. The topological polar surface area (TPSA) is 75.6 Å². The van der Waals surface area contributed by atoms with Gasteiger partial charge >= 0.3 is 0 Å². The first-order valence-corrected chi connectivity index (χ1v) is 9.68. The smallest absolute Gasteiger partial charge is 0.231 e. The molecule has 0 saturated carbocycles. The van der Waals surface area contributed by atoms with Gasteiger partial charge in [-0.05, 0) is 36.1 Å². The lowest BCUT2D eigenvalue weighted by Gasteiger charge is -2.28. The molecule has 4 rings (SSSR count). The number of hydrogen-bond acceptors (Lipinski definition) is 7. The van der Waals surface area contributed by atoms with Crippen LogP contribution in [0, 0.1) is 5.92 Å². The van der Waals surface area contributed by atoms with E-state index in [0.29, 0.717) is 47.3 Å². The molecule has 0 amide bonds. The molecule has 0 saturated heterocycles. The van der Waals surface area contributed by atoms with Crippen LogP contribution in [-0.4, -0.2) is 46.9 Å². The fraction of sp³-hybridized carbons (Fsp3) is 0.391. The average Bonchev–Trinajstić information content (AvgIpc) is 3.22. The van der Waals surface area contributed by atoms with Crippen molar-refractivity contribution in [3.8, 4) is 45.6 Å². The predicted octanol–water partition coefficient (Wildman–Crippen LogP) is 3.38. The van der Waals surface area contributed by atoms with Gasteiger partial charge in [-0.1, -0.05) is 12.2 Å². The first-order chi connectivity index (χ1) is 14.6. The van der Waals surface area contributed by atoms with Gasteiger partial charge in [0.05, 0.1) is 28.4 Å². The van der Waals surface area contributed by atoms with Crippen LogP contribution < -0.4 is 28.4 Å². The Morgan fingerprint density at radius 3 is 2.27 bits per heavy atom. The second-order valence-electron chi connectivity index (χ2n) is 7.28. The van der Waals surface area contributed by atoms with Gasteiger partial charge in [0.2, 0.25) is 18.3 Å². The molecule has 0 radical (unpaired) electrons. The van der Waals surface area contributed by atoms with E-state index in [2.05, 4.69) is 6.58 Å². The summed E-state index contributed by atoms with van der Waals surface area (Å²) in [4.78, 5) is 0. The fourth-order valence-corrected chi connectivity index (χ4v) is 4.31. The van der Waals surface area contributed by atoms with E-state index in [4.69, 9.17) is 28.4 Å². The summed E-state index contributed by atoms with van der Waals surface area (Å²) in [5.74, 6) is 3.23. The molecule has 7 heteroatoms. The van der Waals surface area contributed by atoms with Gasteiger partial charge in [0.15, 0.2) is 23.0 Å². The largest absolute Gasteiger partial charge is 0.493 e. The van der Waals surface area contributed by atoms with Gasteiger partial charge in [0.1, 0.15) is 0 Å². The number of benzene rings is 2. The van der Waals surface area contributed by atoms with Crippen LogP contribution in [0.2, 0.25) is 0 Å². The molecule has 160 valence electrons. The molecule has 2 aromatic rings. The van der Waals surface area contributed by atoms with E-state index in [9.17, 15) is 5.11 Å². The highest BCUT2D eigenvalue weighted by molar-refractivity contribution is 5.88. The molecule has 0 unspecified atom stereocenters. The summed E-state index contributed by atoms with van der Waals surface area (Å²) < 4.78 is 34.2. The van der Waals surface area contributed by atoms with Crippen LogP contribution in [0.1, 0.15) is 11.1 Å². The third kappa shape index (κ3) is 3.01. The van der Waals surface area contributed by atoms with Crippen LogP contribution in [0.25, 0.3) is 11.1 Å². The van der Waals surface area contributed by atoms with E-state index < -0.39 is 0 Å². The zero-order valence-corrected chi connectivity index (χ0v) is 17.7. The second-order valence-corrected chi connectivity index (χ2v) is 7.28. The van der Waals surface area contributed by atoms with E-state index in [1.807, 2.05) is 12.1 Å². The van der Waals surface area contributed by atoms with Crippen LogP contribution in [0.4, 0.5) is 0 Å². The molecule has 1 aliphatic heterocycles. The van der Waals surface area contributed by atoms with Crippen LogP contribution in [0.15, 0.2) is 24.3 Å². The molecule has 0 spiro atoms. The number of fused-ring (bicyclic) bond motifs is 4. The Morgan fingerprint density at radius 2 is 1.63 bits per heavy atom. The summed E-state index contributed by atoms with van der Waals surface area (Å²) in [5.41, 5.74) is 4.47. The molecule has 0 fully saturated rings. The monoisotopic (exact) mass is 414 g/mol. The number of aliphatic hydroxyl groups is 1. The van der Waals surface area contributed by atoms with Crippen molar-refractivity contribution in [2.75, 3.05) is 41.8 Å². The molecule has 0 bridgehead atoms. The molecule has 30 heavy (non-hydrogen) atoms. The van der Waals surface area contributed by atoms with Crippen molar-refractivity contribution < 1.29 is 33.5 Å². The standard InChI is InChI=1S/C23H26O7/c1-12-6-13-8-16(25-2)20(26-3)22(27-4)18(13)19-14(7-15(12)10-24)9-17-21(23(19)28-5)30-11-29-17/h8-9,15,24H,1,6-7,10-11H2,2-5H3/t15-/m1/s1. The molecule has 2 aliphatic rings. The highest BCUT2D eigenvalue weighted by Gasteiger charge is 2.34. The third-order valence-electron chi connectivity index (χ3n) is 5.75. The SMILES string of the molecule is C=C1Cc2cc(OC)c(OC)c(OC)c2-c2c(cc3c(c2OC)OCO3)C[C@@H]1CO. The molecular weight excluding hydrogens is 388 g/mol. The van der Waals surface area contributed by atoms with Crippen molar-refractivity contribution in [3.63, 3.8) is 0 Å². The van der Waals surface area contributed by atoms with Gasteiger partial charge < -0.3 is 33.5 Å². The van der Waals surface area contributed by atoms with Gasteiger partial charge in [-0.15, -0.1) is 0 Å². The first kappa shape index (κ1) is 20.2. The summed E-state index contributed by atoms with van der Waals surface area (Å²) in [6.45, 7) is 4.37. The summed E-state index contributed by atoms with van der Waals surface area (Å²) in [7, 11) is 6.37. The van der Waals surface area contributed by atoms with E-state index >= 15 is 0 Å². The highest BCUT2D eigenvalue weighted by Crippen LogP contribution is 2.56. The van der Waals surface area contributed by atoms with Crippen molar-refractivity contribution in [1.82, 2.24) is 0 Å². The zero-order chi connectivity index (χ0) is 21.4. The Hall–Kier alpha value is -3.06. The quantitative estimate of drug-likeness (QED) is 0.752. The average molecular weight is 414 g/mol. The first-order valence-electron chi connectivity index (χ1n) is 9.68. The lowest BCUT2D eigenvalue weighted by Crippen LogP contribution is -2.18. The zero-order valence-electron chi connectivity index (χ0n) is 17.7. The fourth-order valence-electron chi connectivity index (χ4n) is 4.31. The van der Waals surface area contributed by atoms with Crippen LogP contribution in [0.5, 0.6) is 34.5 Å². The second kappa shape index (κ2) is 7.99. The Kier molecular flexibility index (Phi) is 5.39. The van der Waals surface area contributed by atoms with Crippen LogP contribution in [-0.2, 0) is 12.8 Å². The highest BCUT2D eigenvalue weighted by atomic mass is 16.7. The summed E-state index contributed by atoms with van der Waals surface area (Å²) in [6, 6.07) is 3.87. The van der Waals surface area contributed by atoms with Crippen LogP contribution >= 0.6 is 0 Å². The van der Waals surface area contributed by atoms with Crippen molar-refractivity contribution >= 4 is 0 Å². The molecule has 1 heterocycles. The van der Waals surface area contributed by atoms with E-state index in [-0.39, 0.29) is 19.3 Å². The van der Waals surface area contributed by atoms with E-state index in [1.165, 1.54) is 0 Å². The number of ether oxygens (including phenoxy) is 6. The van der Waals surface area contributed by atoms with E-state index in [1.54, 1.807) is 28.4 Å². The number of rotatable bonds is 5. The third-order valence-corrected chi connectivity index (χ3v) is 5.75. The van der Waals surface area contributed by atoms with Crippen molar-refractivity contribution in [2.24, 2.45) is 5.92 Å². The molecule has 0 aromatic heterocycles. The molecule has 7 nitrogen and oxygen atoms in total. The minimum absolute atomic E-state index is 0.00517. The van der Waals surface area contributed by atoms with Gasteiger partial charge in [-0.3, -0.25) is 0 Å². The Labute approximate surface area is 175 Å². The van der Waals surface area contributed by atoms with Gasteiger partial charge in [-0.25, -0.2) is 0 Å². The summed E-state index contributed by atoms with van der Waals surface area (Å²) in [6.07, 6.45) is 1.13. The number of methoxy groups -OCH3 is 4.